The third-order valence-corrected chi connectivity index (χ3v) is 22.2. The number of esters is 12. The third kappa shape index (κ3) is 87.4. The molecule has 0 atom stereocenters. The molecule has 0 saturated carbocycles. The maximum Gasteiger partial charge on any atom is 0.311 e. The van der Waals surface area contributed by atoms with Gasteiger partial charge in [-0.25, -0.2) is 0 Å². The molecule has 0 saturated heterocycles. The Balaban J connectivity index is -0.000000525. The normalized spacial score (nSPS) is 11.6. The highest BCUT2D eigenvalue weighted by Crippen LogP contribution is 2.18. The molecule has 0 heterocycles. The Morgan fingerprint density at radius 2 is 0.311 bits per heavy atom. The van der Waals surface area contributed by atoms with Gasteiger partial charge in [0.05, 0.1) is 345 Å². The summed E-state index contributed by atoms with van der Waals surface area (Å²) in [5.74, 6) is -2.01. The molecule has 0 fully saturated rings. The van der Waals surface area contributed by atoms with E-state index in [1.54, 1.807) is 0 Å². The van der Waals surface area contributed by atoms with Crippen LogP contribution in [-0.4, -0.2) is 396 Å². The summed E-state index contributed by atoms with van der Waals surface area (Å²) < 4.78 is 67.0. The van der Waals surface area contributed by atoms with Crippen LogP contribution in [-0.2, 0) is 114 Å². The lowest BCUT2D eigenvalue weighted by atomic mass is 10.2. The van der Waals surface area contributed by atoms with Crippen LogP contribution >= 0.6 is 0 Å². The van der Waals surface area contributed by atoms with Gasteiger partial charge in [0.2, 0.25) is 0 Å². The second-order valence-corrected chi connectivity index (χ2v) is 38.0. The first kappa shape index (κ1) is 134. The van der Waals surface area contributed by atoms with Crippen molar-refractivity contribution in [2.24, 2.45) is 0 Å². The zero-order chi connectivity index (χ0) is 101. The SMILES string of the molecule is CCCC[N+](C)(C)CCC(=O)OCCC.CCCC[N+](C)(CCC(=O)OCCC)CCC(=O)OCCC.CCCOC(=O)CCN(C)CCC[N+](C)(CCC(=O)OCCC)CCC(=O)OCCC.CCCOC(=O)CC[N+](C)(C)CCC[N+](C)(C)CCC(=O)OCCC.CCCOC(=O)CC[N+](C)(CCC[N+](C)(CCC(=O)OCCC)CCC(=O)OCCC)CCC(=O)OCCC. The maximum atomic E-state index is 12.2. The lowest BCUT2D eigenvalue weighted by Gasteiger charge is -2.38. The fourth-order valence-electron chi connectivity index (χ4n) is 13.2. The molecular weight excluding hydrogens is 1700 g/mol. The molecule has 778 valence electrons. The monoisotopic (exact) mass is 1900 g/mol. The van der Waals surface area contributed by atoms with Crippen molar-refractivity contribution in [1.29, 1.82) is 0 Å². The van der Waals surface area contributed by atoms with Crippen molar-refractivity contribution >= 4 is 71.6 Å². The zero-order valence-corrected chi connectivity index (χ0v) is 88.9. The molecule has 0 aliphatic heterocycles. The fraction of sp³-hybridized carbons (Fsp3) is 0.880. The van der Waals surface area contributed by atoms with Crippen LogP contribution in [0.1, 0.15) is 296 Å². The van der Waals surface area contributed by atoms with Crippen molar-refractivity contribution in [3.05, 3.63) is 0 Å². The second-order valence-electron chi connectivity index (χ2n) is 38.0. The molecule has 0 unspecified atom stereocenters. The molecule has 0 rings (SSSR count). The predicted molar refractivity (Wildman–Crippen MR) is 520 cm³/mol. The largest absolute Gasteiger partial charge is 0.466 e. The molecule has 32 nitrogen and oxygen atoms in total. The average molecular weight is 1900 g/mol. The van der Waals surface area contributed by atoms with Crippen LogP contribution in [0.5, 0.6) is 0 Å². The van der Waals surface area contributed by atoms with E-state index in [1.165, 1.54) is 12.8 Å². The van der Waals surface area contributed by atoms with Crippen LogP contribution in [0, 0.1) is 0 Å². The Hall–Kier alpha value is -6.68. The molecule has 0 amide bonds. The summed E-state index contributed by atoms with van der Waals surface area (Å²) in [5, 5.41) is 0. The Morgan fingerprint density at radius 3 is 0.492 bits per heavy atom. The first-order valence-electron chi connectivity index (χ1n) is 50.7. The van der Waals surface area contributed by atoms with Crippen LogP contribution in [0.3, 0.4) is 0 Å². The second kappa shape index (κ2) is 84.8. The predicted octanol–water partition coefficient (Wildman–Crippen LogP) is 13.8. The van der Waals surface area contributed by atoms with E-state index in [1.807, 2.05) is 90.1 Å². The number of unbranched alkanes of at least 4 members (excludes halogenated alkanes) is 2. The van der Waals surface area contributed by atoms with Crippen LogP contribution in [0.4, 0.5) is 0 Å². The van der Waals surface area contributed by atoms with Gasteiger partial charge in [0.15, 0.2) is 0 Å². The van der Waals surface area contributed by atoms with Gasteiger partial charge in [-0.3, -0.25) is 57.5 Å². The molecule has 0 aromatic heterocycles. The summed E-state index contributed by atoms with van der Waals surface area (Å²) in [7, 11) is 23.2. The zero-order valence-electron chi connectivity index (χ0n) is 88.9. The Bertz CT molecular complexity index is 2790. The molecule has 132 heavy (non-hydrogen) atoms. The minimum atomic E-state index is -0.230. The van der Waals surface area contributed by atoms with Gasteiger partial charge in [-0.2, -0.15) is 0 Å². The molecule has 0 aliphatic carbocycles. The van der Waals surface area contributed by atoms with Gasteiger partial charge < -0.3 is 93.1 Å². The number of carbonyl (C=O) groups is 12. The summed E-state index contributed by atoms with van der Waals surface area (Å²) in [6.45, 7) is 48.8. The average Bonchev–Trinajstić information content (AvgIpc) is 0.857. The third-order valence-electron chi connectivity index (χ3n) is 22.2. The molecule has 0 aromatic rings. The standard InChI is InChI=1S/C29H56N2O8.C23H45N2O6.C19H40N2O4.C17H34NO4.C12H26NO2/c1-7-22-36-26(32)12-18-30(5,19-13-27(33)37-23-8-2)16-11-17-31(6,20-14-28(34)38-24-9-3)21-15-29(35)39-25-10-4;1-6-18-29-21(26)10-14-24(4)13-9-15-25(5,16-11-22(27)30-19-7-2)17-12-23(28)31-20-8-3;1-7-16-24-18(22)10-14-20(3,4)12-9-13-21(5,6)15-11-19(23)25-17-8-2;1-5-8-11-18(4,12-9-16(19)21-14-6-2)13-10-17(20)22-15-7-3;1-5-7-9-13(3,4)10-8-12(14)15-11-6-2/h7-25H2,1-6H3;6-20H2,1-5H3;7-17H2,1-6H3;5-15H2,1-4H3;5-11H2,1-4H3/q+2;+1;+2;2*+1. The smallest absolute Gasteiger partial charge is 0.311 e. The van der Waals surface area contributed by atoms with Crippen LogP contribution in [0.15, 0.2) is 0 Å². The maximum absolute atomic E-state index is 12.2. The van der Waals surface area contributed by atoms with E-state index in [-0.39, 0.29) is 97.3 Å². The van der Waals surface area contributed by atoms with Crippen molar-refractivity contribution in [2.75, 3.05) is 288 Å². The van der Waals surface area contributed by atoms with E-state index in [0.717, 1.165) is 199 Å². The van der Waals surface area contributed by atoms with Gasteiger partial charge in [0.1, 0.15) is 0 Å². The minimum Gasteiger partial charge on any atom is -0.466 e. The number of quaternary nitrogens is 7. The molecule has 0 aromatic carbocycles. The molecule has 0 radical (unpaired) electrons. The van der Waals surface area contributed by atoms with Crippen molar-refractivity contribution in [1.82, 2.24) is 4.90 Å². The number of carbonyl (C=O) groups excluding carboxylic acids is 12. The van der Waals surface area contributed by atoms with E-state index in [4.69, 9.17) is 56.8 Å². The highest BCUT2D eigenvalue weighted by molar-refractivity contribution is 5.73. The van der Waals surface area contributed by atoms with Gasteiger partial charge in [-0.1, -0.05) is 110 Å². The summed E-state index contributed by atoms with van der Waals surface area (Å²) in [6, 6.07) is 0. The summed E-state index contributed by atoms with van der Waals surface area (Å²) in [6.07, 6.45) is 21.6. The van der Waals surface area contributed by atoms with E-state index in [2.05, 4.69) is 89.2 Å². The number of ether oxygens (including phenoxy) is 12. The van der Waals surface area contributed by atoms with Crippen molar-refractivity contribution in [2.45, 2.75) is 296 Å². The van der Waals surface area contributed by atoms with Gasteiger partial charge in [0, 0.05) is 32.4 Å². The first-order valence-corrected chi connectivity index (χ1v) is 50.7. The van der Waals surface area contributed by atoms with Gasteiger partial charge in [-0.05, 0) is 96.9 Å². The quantitative estimate of drug-likeness (QED) is 0.0310. The summed E-state index contributed by atoms with van der Waals surface area (Å²) >= 11 is 0. The van der Waals surface area contributed by atoms with E-state index in [0.29, 0.717) is 203 Å². The van der Waals surface area contributed by atoms with Crippen LogP contribution in [0.2, 0.25) is 0 Å². The molecule has 0 spiro atoms. The Labute approximate surface area is 802 Å². The van der Waals surface area contributed by atoms with E-state index in [9.17, 15) is 57.5 Å². The number of nitrogens with zero attached hydrogens (tertiary/aromatic N) is 8. The van der Waals surface area contributed by atoms with Crippen molar-refractivity contribution in [3.63, 3.8) is 0 Å². The van der Waals surface area contributed by atoms with E-state index >= 15 is 0 Å². The van der Waals surface area contributed by atoms with Crippen LogP contribution < -0.4 is 0 Å². The Morgan fingerprint density at radius 1 is 0.167 bits per heavy atom. The number of hydrogen-bond donors (Lipinski definition) is 0. The molecule has 0 aliphatic rings. The van der Waals surface area contributed by atoms with E-state index < -0.39 is 0 Å². The van der Waals surface area contributed by atoms with Gasteiger partial charge in [0.25, 0.3) is 0 Å². The summed E-state index contributed by atoms with van der Waals surface area (Å²) in [5.41, 5.74) is 0. The minimum absolute atomic E-state index is 0.0560. The fourth-order valence-corrected chi connectivity index (χ4v) is 13.2. The molecular formula is C100H201N8O24+7. The lowest BCUT2D eigenvalue weighted by molar-refractivity contribution is -0.927. The summed E-state index contributed by atoms with van der Waals surface area (Å²) in [4.78, 5) is 144. The highest BCUT2D eigenvalue weighted by Gasteiger charge is 2.32. The molecule has 0 N–H and O–H groups in total. The van der Waals surface area contributed by atoms with Crippen molar-refractivity contribution in [3.8, 4) is 0 Å². The van der Waals surface area contributed by atoms with Gasteiger partial charge >= 0.3 is 71.6 Å². The molecule has 32 heteroatoms. The van der Waals surface area contributed by atoms with Crippen molar-refractivity contribution < 1.29 is 146 Å². The highest BCUT2D eigenvalue weighted by atomic mass is 16.6. The number of rotatable bonds is 78. The first-order chi connectivity index (χ1) is 62.4. The molecule has 0 bridgehead atoms. The topological polar surface area (TPSA) is 319 Å². The number of hydrogen-bond acceptors (Lipinski definition) is 25. The lowest BCUT2D eigenvalue weighted by Crippen LogP contribution is -2.51. The van der Waals surface area contributed by atoms with Crippen LogP contribution in [0.25, 0.3) is 0 Å². The van der Waals surface area contributed by atoms with Gasteiger partial charge in [-0.15, -0.1) is 0 Å². The Kier molecular flexibility index (Phi) is 85.9.